The summed E-state index contributed by atoms with van der Waals surface area (Å²) in [6.07, 6.45) is 2.73. The Balaban J connectivity index is 2.04. The minimum atomic E-state index is 0.348. The SMILES string of the molecule is COc1cccc(CC(=O)C2CC2)c1. The van der Waals surface area contributed by atoms with Crippen molar-refractivity contribution in [1.82, 2.24) is 0 Å². The summed E-state index contributed by atoms with van der Waals surface area (Å²) in [4.78, 5) is 11.5. The molecule has 2 heteroatoms. The second-order valence-electron chi connectivity index (χ2n) is 3.77. The zero-order valence-electron chi connectivity index (χ0n) is 8.32. The minimum Gasteiger partial charge on any atom is -0.497 e. The summed E-state index contributed by atoms with van der Waals surface area (Å²) in [7, 11) is 1.64. The molecule has 0 spiro atoms. The molecule has 1 saturated carbocycles. The van der Waals surface area contributed by atoms with Gasteiger partial charge in [-0.25, -0.2) is 0 Å². The molecule has 1 aromatic rings. The van der Waals surface area contributed by atoms with E-state index in [-0.39, 0.29) is 0 Å². The molecule has 0 radical (unpaired) electrons. The molecule has 0 amide bonds. The summed E-state index contributed by atoms with van der Waals surface area (Å²) >= 11 is 0. The van der Waals surface area contributed by atoms with Crippen molar-refractivity contribution in [2.24, 2.45) is 5.92 Å². The average molecular weight is 190 g/mol. The molecule has 14 heavy (non-hydrogen) atoms. The van der Waals surface area contributed by atoms with E-state index in [0.717, 1.165) is 24.2 Å². The molecule has 0 aliphatic heterocycles. The van der Waals surface area contributed by atoms with Crippen molar-refractivity contribution in [2.45, 2.75) is 19.3 Å². The van der Waals surface area contributed by atoms with Crippen LogP contribution in [0.1, 0.15) is 18.4 Å². The molecular formula is C12H14O2. The molecule has 1 aliphatic rings. The lowest BCUT2D eigenvalue weighted by molar-refractivity contribution is -0.119. The van der Waals surface area contributed by atoms with Crippen molar-refractivity contribution in [1.29, 1.82) is 0 Å². The van der Waals surface area contributed by atoms with Crippen LogP contribution in [0.5, 0.6) is 5.75 Å². The first-order valence-corrected chi connectivity index (χ1v) is 4.95. The minimum absolute atomic E-state index is 0.348. The van der Waals surface area contributed by atoms with Gasteiger partial charge in [0, 0.05) is 12.3 Å². The first-order valence-electron chi connectivity index (χ1n) is 4.95. The van der Waals surface area contributed by atoms with Crippen molar-refractivity contribution >= 4 is 5.78 Å². The number of carbonyl (C=O) groups excluding carboxylic acids is 1. The molecule has 0 atom stereocenters. The van der Waals surface area contributed by atoms with Crippen molar-refractivity contribution in [3.05, 3.63) is 29.8 Å². The number of carbonyl (C=O) groups is 1. The fourth-order valence-electron chi connectivity index (χ4n) is 1.53. The third-order valence-electron chi connectivity index (χ3n) is 2.55. The van der Waals surface area contributed by atoms with Gasteiger partial charge in [-0.1, -0.05) is 12.1 Å². The topological polar surface area (TPSA) is 26.3 Å². The standard InChI is InChI=1S/C12H14O2/c1-14-11-4-2-3-9(7-11)8-12(13)10-5-6-10/h2-4,7,10H,5-6,8H2,1H3. The summed E-state index contributed by atoms with van der Waals surface area (Å²) in [5, 5.41) is 0. The smallest absolute Gasteiger partial charge is 0.140 e. The zero-order chi connectivity index (χ0) is 9.97. The second kappa shape index (κ2) is 3.82. The summed E-state index contributed by atoms with van der Waals surface area (Å²) in [6.45, 7) is 0. The third-order valence-corrected chi connectivity index (χ3v) is 2.55. The predicted octanol–water partition coefficient (Wildman–Crippen LogP) is 2.22. The van der Waals surface area contributed by atoms with Crippen LogP contribution < -0.4 is 4.74 Å². The Kier molecular flexibility index (Phi) is 2.53. The lowest BCUT2D eigenvalue weighted by Gasteiger charge is -2.03. The number of benzene rings is 1. The highest BCUT2D eigenvalue weighted by Crippen LogP contribution is 2.31. The monoisotopic (exact) mass is 190 g/mol. The largest absolute Gasteiger partial charge is 0.497 e. The van der Waals surface area contributed by atoms with Crippen LogP contribution in [0.3, 0.4) is 0 Å². The Labute approximate surface area is 83.9 Å². The maximum atomic E-state index is 11.5. The van der Waals surface area contributed by atoms with Crippen molar-refractivity contribution in [3.8, 4) is 5.75 Å². The van der Waals surface area contributed by atoms with Crippen LogP contribution in [0.2, 0.25) is 0 Å². The van der Waals surface area contributed by atoms with E-state index in [2.05, 4.69) is 0 Å². The highest BCUT2D eigenvalue weighted by molar-refractivity contribution is 5.85. The highest BCUT2D eigenvalue weighted by atomic mass is 16.5. The van der Waals surface area contributed by atoms with Crippen LogP contribution in [0.15, 0.2) is 24.3 Å². The van der Waals surface area contributed by atoms with Crippen LogP contribution in [0.25, 0.3) is 0 Å². The molecule has 1 aliphatic carbocycles. The Hall–Kier alpha value is -1.31. The molecule has 0 unspecified atom stereocenters. The summed E-state index contributed by atoms with van der Waals surface area (Å²) in [6, 6.07) is 7.72. The van der Waals surface area contributed by atoms with Gasteiger partial charge in [-0.2, -0.15) is 0 Å². The number of rotatable bonds is 4. The van der Waals surface area contributed by atoms with E-state index in [1.54, 1.807) is 7.11 Å². The Morgan fingerprint density at radius 1 is 1.50 bits per heavy atom. The van der Waals surface area contributed by atoms with Gasteiger partial charge in [0.25, 0.3) is 0 Å². The molecule has 0 bridgehead atoms. The number of methoxy groups -OCH3 is 1. The van der Waals surface area contributed by atoms with Gasteiger partial charge in [-0.3, -0.25) is 4.79 Å². The van der Waals surface area contributed by atoms with Crippen LogP contribution in [0, 0.1) is 5.92 Å². The fourth-order valence-corrected chi connectivity index (χ4v) is 1.53. The maximum absolute atomic E-state index is 11.5. The van der Waals surface area contributed by atoms with Gasteiger partial charge in [-0.15, -0.1) is 0 Å². The average Bonchev–Trinajstić information content (AvgIpc) is 3.01. The van der Waals surface area contributed by atoms with E-state index in [9.17, 15) is 4.79 Å². The van der Waals surface area contributed by atoms with Crippen LogP contribution in [-0.4, -0.2) is 12.9 Å². The Morgan fingerprint density at radius 2 is 2.29 bits per heavy atom. The lowest BCUT2D eigenvalue weighted by atomic mass is 10.1. The maximum Gasteiger partial charge on any atom is 0.140 e. The predicted molar refractivity (Wildman–Crippen MR) is 54.4 cm³/mol. The lowest BCUT2D eigenvalue weighted by Crippen LogP contribution is -2.04. The normalized spacial score (nSPS) is 15.2. The van der Waals surface area contributed by atoms with E-state index < -0.39 is 0 Å². The van der Waals surface area contributed by atoms with Gasteiger partial charge < -0.3 is 4.74 Å². The van der Waals surface area contributed by atoms with Gasteiger partial charge in [0.05, 0.1) is 7.11 Å². The number of ketones is 1. The van der Waals surface area contributed by atoms with Crippen molar-refractivity contribution in [2.75, 3.05) is 7.11 Å². The number of Topliss-reactive ketones (excluding diaryl/α,β-unsaturated/α-hetero) is 1. The van der Waals surface area contributed by atoms with Crippen LogP contribution in [0.4, 0.5) is 0 Å². The summed E-state index contributed by atoms with van der Waals surface area (Å²) < 4.78 is 5.10. The molecule has 1 fully saturated rings. The van der Waals surface area contributed by atoms with Gasteiger partial charge in [0.2, 0.25) is 0 Å². The van der Waals surface area contributed by atoms with Crippen molar-refractivity contribution in [3.63, 3.8) is 0 Å². The third kappa shape index (κ3) is 2.13. The first kappa shape index (κ1) is 9.25. The van der Waals surface area contributed by atoms with Crippen molar-refractivity contribution < 1.29 is 9.53 Å². The van der Waals surface area contributed by atoms with Gasteiger partial charge in [0.1, 0.15) is 11.5 Å². The molecule has 0 N–H and O–H groups in total. The Bertz CT molecular complexity index is 340. The van der Waals surface area contributed by atoms with Crippen LogP contribution in [-0.2, 0) is 11.2 Å². The molecular weight excluding hydrogens is 176 g/mol. The molecule has 0 saturated heterocycles. The summed E-state index contributed by atoms with van der Waals surface area (Å²) in [5.41, 5.74) is 1.06. The van der Waals surface area contributed by atoms with E-state index in [0.29, 0.717) is 18.1 Å². The van der Waals surface area contributed by atoms with Gasteiger partial charge in [-0.05, 0) is 30.5 Å². The highest BCUT2D eigenvalue weighted by Gasteiger charge is 2.28. The molecule has 0 heterocycles. The van der Waals surface area contributed by atoms with Crippen LogP contribution >= 0.6 is 0 Å². The molecule has 74 valence electrons. The number of ether oxygens (including phenoxy) is 1. The molecule has 0 aromatic heterocycles. The fraction of sp³-hybridized carbons (Fsp3) is 0.417. The number of hydrogen-bond donors (Lipinski definition) is 0. The van der Waals surface area contributed by atoms with Gasteiger partial charge in [0.15, 0.2) is 0 Å². The second-order valence-corrected chi connectivity index (χ2v) is 3.77. The number of hydrogen-bond acceptors (Lipinski definition) is 2. The van der Waals surface area contributed by atoms with E-state index in [1.807, 2.05) is 24.3 Å². The Morgan fingerprint density at radius 3 is 2.93 bits per heavy atom. The van der Waals surface area contributed by atoms with Gasteiger partial charge >= 0.3 is 0 Å². The molecule has 1 aromatic carbocycles. The quantitative estimate of drug-likeness (QED) is 0.727. The molecule has 2 nitrogen and oxygen atoms in total. The summed E-state index contributed by atoms with van der Waals surface area (Å²) in [5.74, 6) is 1.55. The van der Waals surface area contributed by atoms with E-state index in [1.165, 1.54) is 0 Å². The first-order chi connectivity index (χ1) is 6.79. The van der Waals surface area contributed by atoms with E-state index in [4.69, 9.17) is 4.74 Å². The van der Waals surface area contributed by atoms with E-state index >= 15 is 0 Å². The zero-order valence-corrected chi connectivity index (χ0v) is 8.32. The molecule has 2 rings (SSSR count).